The minimum Gasteiger partial charge on any atom is -0.367 e. The van der Waals surface area contributed by atoms with Crippen molar-refractivity contribution in [2.75, 3.05) is 24.5 Å². The first-order chi connectivity index (χ1) is 9.47. The van der Waals surface area contributed by atoms with Crippen LogP contribution in [0.4, 0.5) is 18.9 Å². The number of nitrogens with zero attached hydrogens (tertiary/aromatic N) is 2. The summed E-state index contributed by atoms with van der Waals surface area (Å²) in [6.07, 6.45) is -3.59. The molecule has 20 heavy (non-hydrogen) atoms. The van der Waals surface area contributed by atoms with Crippen LogP contribution in [0, 0.1) is 11.3 Å². The first-order valence-corrected chi connectivity index (χ1v) is 6.56. The van der Waals surface area contributed by atoms with Crippen LogP contribution in [0.15, 0.2) is 18.2 Å². The molecule has 0 spiro atoms. The smallest absolute Gasteiger partial charge is 0.367 e. The predicted molar refractivity (Wildman–Crippen MR) is 70.5 cm³/mol. The van der Waals surface area contributed by atoms with Crippen molar-refractivity contribution in [1.29, 1.82) is 5.26 Å². The fourth-order valence-electron chi connectivity index (χ4n) is 2.60. The summed E-state index contributed by atoms with van der Waals surface area (Å²) in [7, 11) is 0. The Balaban J connectivity index is 2.39. The van der Waals surface area contributed by atoms with Crippen molar-refractivity contribution in [3.8, 4) is 6.07 Å². The van der Waals surface area contributed by atoms with Gasteiger partial charge < -0.3 is 10.2 Å². The van der Waals surface area contributed by atoms with E-state index >= 15 is 0 Å². The van der Waals surface area contributed by atoms with Crippen molar-refractivity contribution in [3.05, 3.63) is 29.3 Å². The number of hydrogen-bond donors (Lipinski definition) is 1. The van der Waals surface area contributed by atoms with Crippen LogP contribution in [0.1, 0.15) is 24.5 Å². The van der Waals surface area contributed by atoms with Crippen molar-refractivity contribution in [3.63, 3.8) is 0 Å². The fraction of sp³-hybridized carbons (Fsp3) is 0.500. The molecule has 1 N–H and O–H groups in total. The third-order valence-electron chi connectivity index (χ3n) is 3.58. The Morgan fingerprint density at radius 3 is 2.70 bits per heavy atom. The van der Waals surface area contributed by atoms with Crippen LogP contribution in [-0.4, -0.2) is 25.7 Å². The van der Waals surface area contributed by atoms with E-state index < -0.39 is 11.7 Å². The summed E-state index contributed by atoms with van der Waals surface area (Å²) in [4.78, 5) is 1.95. The molecule has 1 fully saturated rings. The normalized spacial score (nSPS) is 18.9. The molecule has 1 unspecified atom stereocenters. The van der Waals surface area contributed by atoms with Gasteiger partial charge in [-0.2, -0.15) is 18.4 Å². The van der Waals surface area contributed by atoms with Gasteiger partial charge in [0.1, 0.15) is 0 Å². The number of halogens is 3. The van der Waals surface area contributed by atoms with Gasteiger partial charge in [-0.25, -0.2) is 0 Å². The van der Waals surface area contributed by atoms with Gasteiger partial charge >= 0.3 is 6.18 Å². The van der Waals surface area contributed by atoms with Crippen LogP contribution < -0.4 is 10.2 Å². The highest BCUT2D eigenvalue weighted by atomic mass is 19.4. The van der Waals surface area contributed by atoms with E-state index in [-0.39, 0.29) is 11.6 Å². The van der Waals surface area contributed by atoms with Gasteiger partial charge in [0.25, 0.3) is 0 Å². The summed E-state index contributed by atoms with van der Waals surface area (Å²) in [6, 6.07) is 5.74. The molecule has 0 saturated carbocycles. The highest BCUT2D eigenvalue weighted by Gasteiger charge is 2.34. The lowest BCUT2D eigenvalue weighted by Gasteiger charge is -2.30. The van der Waals surface area contributed by atoms with Gasteiger partial charge in [-0.3, -0.25) is 0 Å². The zero-order chi connectivity index (χ0) is 14.8. The lowest BCUT2D eigenvalue weighted by molar-refractivity contribution is -0.137. The molecular weight excluding hydrogens is 267 g/mol. The third kappa shape index (κ3) is 2.88. The number of benzene rings is 1. The van der Waals surface area contributed by atoms with Crippen LogP contribution in [-0.2, 0) is 6.18 Å². The maximum atomic E-state index is 13.0. The second-order valence-electron chi connectivity index (χ2n) is 4.77. The van der Waals surface area contributed by atoms with Gasteiger partial charge in [0.05, 0.1) is 17.2 Å². The second kappa shape index (κ2) is 5.71. The van der Waals surface area contributed by atoms with Gasteiger partial charge in [0, 0.05) is 24.8 Å². The Morgan fingerprint density at radius 2 is 2.20 bits per heavy atom. The highest BCUT2D eigenvalue weighted by molar-refractivity contribution is 5.55. The molecule has 0 amide bonds. The quantitative estimate of drug-likeness (QED) is 0.927. The zero-order valence-electron chi connectivity index (χ0n) is 11.2. The van der Waals surface area contributed by atoms with Gasteiger partial charge in [0.15, 0.2) is 0 Å². The van der Waals surface area contributed by atoms with Gasteiger partial charge in [0.2, 0.25) is 0 Å². The average Bonchev–Trinajstić information content (AvgIpc) is 2.92. The number of likely N-dealkylation sites (N-methyl/N-ethyl adjacent to an activating group) is 1. The van der Waals surface area contributed by atoms with E-state index in [1.807, 2.05) is 11.8 Å². The summed E-state index contributed by atoms with van der Waals surface area (Å²) < 4.78 is 38.9. The molecule has 2 rings (SSSR count). The molecule has 0 radical (unpaired) electrons. The summed E-state index contributed by atoms with van der Waals surface area (Å²) in [5.74, 6) is 0. The van der Waals surface area contributed by atoms with Crippen LogP contribution in [0.25, 0.3) is 0 Å². The molecule has 1 atom stereocenters. The lowest BCUT2D eigenvalue weighted by Crippen LogP contribution is -2.36. The van der Waals surface area contributed by atoms with E-state index in [2.05, 4.69) is 5.32 Å². The number of nitrogens with one attached hydrogen (secondary N) is 1. The maximum Gasteiger partial charge on any atom is 0.417 e. The fourth-order valence-corrected chi connectivity index (χ4v) is 2.60. The number of anilines is 1. The van der Waals surface area contributed by atoms with E-state index in [1.54, 1.807) is 12.1 Å². The van der Waals surface area contributed by atoms with Crippen molar-refractivity contribution < 1.29 is 13.2 Å². The van der Waals surface area contributed by atoms with Crippen LogP contribution in [0.3, 0.4) is 0 Å². The Hall–Kier alpha value is -1.74. The van der Waals surface area contributed by atoms with Crippen LogP contribution >= 0.6 is 0 Å². The van der Waals surface area contributed by atoms with Crippen LogP contribution in [0.5, 0.6) is 0 Å². The molecule has 6 heteroatoms. The molecule has 108 valence electrons. The van der Waals surface area contributed by atoms with Crippen molar-refractivity contribution in [2.45, 2.75) is 25.6 Å². The molecule has 0 aromatic heterocycles. The van der Waals surface area contributed by atoms with Crippen molar-refractivity contribution in [2.24, 2.45) is 0 Å². The Bertz CT molecular complexity index is 513. The summed E-state index contributed by atoms with van der Waals surface area (Å²) >= 11 is 0. The van der Waals surface area contributed by atoms with Gasteiger partial charge in [-0.15, -0.1) is 0 Å². The maximum absolute atomic E-state index is 13.0. The number of nitriles is 1. The van der Waals surface area contributed by atoms with Gasteiger partial charge in [-0.1, -0.05) is 0 Å². The molecule has 1 aromatic carbocycles. The lowest BCUT2D eigenvalue weighted by atomic mass is 10.1. The topological polar surface area (TPSA) is 39.1 Å². The number of hydrogen-bond acceptors (Lipinski definition) is 3. The number of alkyl halides is 3. The monoisotopic (exact) mass is 283 g/mol. The van der Waals surface area contributed by atoms with E-state index in [4.69, 9.17) is 5.26 Å². The van der Waals surface area contributed by atoms with E-state index in [0.29, 0.717) is 12.2 Å². The second-order valence-corrected chi connectivity index (χ2v) is 4.77. The summed E-state index contributed by atoms with van der Waals surface area (Å²) in [5, 5.41) is 12.0. The Labute approximate surface area is 116 Å². The summed E-state index contributed by atoms with van der Waals surface area (Å²) in [5.41, 5.74) is -0.670. The first-order valence-electron chi connectivity index (χ1n) is 6.56. The van der Waals surface area contributed by atoms with E-state index in [0.717, 1.165) is 25.6 Å². The van der Waals surface area contributed by atoms with Crippen LogP contribution in [0.2, 0.25) is 0 Å². The van der Waals surface area contributed by atoms with Crippen molar-refractivity contribution >= 4 is 5.69 Å². The van der Waals surface area contributed by atoms with E-state index in [1.165, 1.54) is 6.07 Å². The molecular formula is C14H16F3N3. The Kier molecular flexibility index (Phi) is 4.19. The molecule has 0 bridgehead atoms. The van der Waals surface area contributed by atoms with Crippen molar-refractivity contribution in [1.82, 2.24) is 5.32 Å². The molecule has 1 aliphatic rings. The zero-order valence-corrected chi connectivity index (χ0v) is 11.2. The van der Waals surface area contributed by atoms with Gasteiger partial charge in [-0.05, 0) is 38.1 Å². The van der Waals surface area contributed by atoms with E-state index in [9.17, 15) is 13.2 Å². The molecule has 1 aliphatic heterocycles. The number of rotatable bonds is 3. The molecule has 1 saturated heterocycles. The Morgan fingerprint density at radius 1 is 1.45 bits per heavy atom. The molecule has 0 aliphatic carbocycles. The predicted octanol–water partition coefficient (Wildman–Crippen LogP) is 2.77. The minimum absolute atomic E-state index is 0.203. The summed E-state index contributed by atoms with van der Waals surface area (Å²) in [6.45, 7) is 4.21. The average molecular weight is 283 g/mol. The largest absolute Gasteiger partial charge is 0.417 e. The molecule has 1 heterocycles. The third-order valence-corrected chi connectivity index (χ3v) is 3.58. The molecule has 3 nitrogen and oxygen atoms in total. The highest BCUT2D eigenvalue weighted by Crippen LogP contribution is 2.35. The SMILES string of the molecule is CCN(c1ccc(C#N)c(C(F)(F)F)c1)C1CCNC1. The minimum atomic E-state index is -4.51. The molecule has 1 aromatic rings. The standard InChI is InChI=1S/C14H16F3N3/c1-2-20(12-5-6-19-9-12)11-4-3-10(8-18)13(7-11)14(15,16)17/h3-4,7,12,19H,2,5-6,9H2,1H3. The first kappa shape index (κ1) is 14.7.